The van der Waals surface area contributed by atoms with E-state index in [2.05, 4.69) is 205 Å². The molecule has 9 aromatic carbocycles. The van der Waals surface area contributed by atoms with Crippen molar-refractivity contribution >= 4 is 32.4 Å². The van der Waals surface area contributed by atoms with Crippen LogP contribution in [0.1, 0.15) is 22.3 Å². The summed E-state index contributed by atoms with van der Waals surface area (Å²) in [5.74, 6) is 0. The van der Waals surface area contributed by atoms with Gasteiger partial charge in [-0.25, -0.2) is 4.98 Å². The number of nitrogens with zero attached hydrogens (tertiary/aromatic N) is 2. The molecule has 0 amide bonds. The van der Waals surface area contributed by atoms with Crippen molar-refractivity contribution in [3.8, 4) is 55.9 Å². The van der Waals surface area contributed by atoms with Crippen molar-refractivity contribution in [2.75, 3.05) is 0 Å². The number of fused-ring (bicyclic) bond motifs is 7. The van der Waals surface area contributed by atoms with Gasteiger partial charge in [-0.05, 0) is 125 Å². The number of rotatable bonds is 6. The Balaban J connectivity index is 0.921. The maximum atomic E-state index is 4.95. The maximum Gasteiger partial charge on any atom is 0.0900 e. The molecule has 1 aliphatic rings. The molecule has 61 heavy (non-hydrogen) atoms. The number of benzene rings is 9. The van der Waals surface area contributed by atoms with Crippen LogP contribution in [0.2, 0.25) is 0 Å². The summed E-state index contributed by atoms with van der Waals surface area (Å²) in [6, 6.07) is 81.9. The second-order valence-corrected chi connectivity index (χ2v) is 16.1. The summed E-state index contributed by atoms with van der Waals surface area (Å²) in [6.45, 7) is 0. The van der Waals surface area contributed by atoms with E-state index in [4.69, 9.17) is 4.98 Å². The van der Waals surface area contributed by atoms with Crippen molar-refractivity contribution in [2.45, 2.75) is 5.41 Å². The fraction of sp³-hybridized carbons (Fsp3) is 0.0169. The Morgan fingerprint density at radius 1 is 0.328 bits per heavy atom. The summed E-state index contributed by atoms with van der Waals surface area (Å²) in [4.78, 5) is 9.54. The lowest BCUT2D eigenvalue weighted by Crippen LogP contribution is -2.28. The van der Waals surface area contributed by atoms with Crippen molar-refractivity contribution in [1.82, 2.24) is 9.97 Å². The summed E-state index contributed by atoms with van der Waals surface area (Å²) in [5, 5.41) is 6.10. The van der Waals surface area contributed by atoms with Crippen molar-refractivity contribution in [2.24, 2.45) is 0 Å². The zero-order valence-electron chi connectivity index (χ0n) is 33.3. The van der Waals surface area contributed by atoms with Crippen LogP contribution in [0.15, 0.2) is 231 Å². The Morgan fingerprint density at radius 2 is 0.918 bits per heavy atom. The third-order valence-electron chi connectivity index (χ3n) is 12.8. The van der Waals surface area contributed by atoms with Crippen LogP contribution in [0, 0.1) is 0 Å². The van der Waals surface area contributed by atoms with Crippen molar-refractivity contribution in [3.05, 3.63) is 253 Å². The first-order chi connectivity index (χ1) is 30.2. The second-order valence-electron chi connectivity index (χ2n) is 16.1. The Bertz CT molecular complexity index is 3410. The molecule has 0 aliphatic heterocycles. The highest BCUT2D eigenvalue weighted by Gasteiger charge is 2.46. The smallest absolute Gasteiger partial charge is 0.0900 e. The van der Waals surface area contributed by atoms with Crippen molar-refractivity contribution in [3.63, 3.8) is 0 Å². The first-order valence-corrected chi connectivity index (χ1v) is 21.0. The number of hydrogen-bond acceptors (Lipinski definition) is 2. The molecule has 0 bridgehead atoms. The minimum Gasteiger partial charge on any atom is -0.255 e. The van der Waals surface area contributed by atoms with E-state index in [1.54, 1.807) is 0 Å². The summed E-state index contributed by atoms with van der Waals surface area (Å²) in [7, 11) is 0. The largest absolute Gasteiger partial charge is 0.255 e. The van der Waals surface area contributed by atoms with Crippen LogP contribution in [0.3, 0.4) is 0 Å². The minimum atomic E-state index is -0.424. The van der Waals surface area contributed by atoms with E-state index >= 15 is 0 Å². The van der Waals surface area contributed by atoms with Gasteiger partial charge in [0.15, 0.2) is 0 Å². The quantitative estimate of drug-likeness (QED) is 0.157. The van der Waals surface area contributed by atoms with Crippen LogP contribution < -0.4 is 0 Å². The zero-order chi connectivity index (χ0) is 40.3. The lowest BCUT2D eigenvalue weighted by Gasteiger charge is -2.34. The highest BCUT2D eigenvalue weighted by Crippen LogP contribution is 2.58. The van der Waals surface area contributed by atoms with Gasteiger partial charge in [0.05, 0.1) is 22.3 Å². The van der Waals surface area contributed by atoms with Gasteiger partial charge >= 0.3 is 0 Å². The Labute approximate surface area is 355 Å². The monoisotopic (exact) mass is 774 g/mol. The minimum absolute atomic E-state index is 0.424. The second kappa shape index (κ2) is 14.1. The average molecular weight is 775 g/mol. The van der Waals surface area contributed by atoms with Crippen molar-refractivity contribution in [1.29, 1.82) is 0 Å². The third-order valence-corrected chi connectivity index (χ3v) is 12.8. The molecule has 0 radical (unpaired) electrons. The van der Waals surface area contributed by atoms with Gasteiger partial charge in [0.2, 0.25) is 0 Å². The molecule has 284 valence electrons. The van der Waals surface area contributed by atoms with Crippen molar-refractivity contribution < 1.29 is 0 Å². The highest BCUT2D eigenvalue weighted by molar-refractivity contribution is 6.10. The fourth-order valence-corrected chi connectivity index (χ4v) is 10.1. The molecule has 2 heterocycles. The van der Waals surface area contributed by atoms with Gasteiger partial charge in [-0.3, -0.25) is 4.98 Å². The molecule has 2 heteroatoms. The summed E-state index contributed by atoms with van der Waals surface area (Å²) in [6.07, 6.45) is 1.82. The van der Waals surface area contributed by atoms with Gasteiger partial charge < -0.3 is 0 Å². The molecule has 0 unspecified atom stereocenters. The first-order valence-electron chi connectivity index (χ1n) is 21.0. The Morgan fingerprint density at radius 3 is 1.66 bits per heavy atom. The molecule has 0 N–H and O–H groups in total. The van der Waals surface area contributed by atoms with Gasteiger partial charge in [0, 0.05) is 11.6 Å². The fourth-order valence-electron chi connectivity index (χ4n) is 10.1. The number of pyridine rings is 2. The molecule has 12 rings (SSSR count). The van der Waals surface area contributed by atoms with Gasteiger partial charge in [-0.15, -0.1) is 0 Å². The van der Waals surface area contributed by atoms with Gasteiger partial charge in [-0.1, -0.05) is 188 Å². The molecule has 2 aromatic heterocycles. The zero-order valence-corrected chi connectivity index (χ0v) is 33.3. The molecule has 2 nitrogen and oxygen atoms in total. The lowest BCUT2D eigenvalue weighted by atomic mass is 9.67. The third kappa shape index (κ3) is 5.57. The van der Waals surface area contributed by atoms with E-state index in [1.165, 1.54) is 77.2 Å². The molecule has 11 aromatic rings. The van der Waals surface area contributed by atoms with Gasteiger partial charge in [0.25, 0.3) is 0 Å². The van der Waals surface area contributed by atoms with Crippen LogP contribution in [0.25, 0.3) is 88.3 Å². The standard InChI is InChI=1S/C59H38N2/c1-3-14-45(15-4-1)59(46-16-5-2-6-17-46)53-21-9-7-19-51(53)58-49(20-13-22-54(58)59)44-32-34-48-43(37-44)30-29-42-36-41(31-33-47(42)48)39-25-27-40(28-26-39)52-38-57(56-24-11-12-35-60-56)61-55-23-10-8-18-50(52)55/h1-38H. The van der Waals surface area contributed by atoms with E-state index in [0.717, 1.165) is 33.4 Å². The van der Waals surface area contributed by atoms with E-state index in [9.17, 15) is 0 Å². The van der Waals surface area contributed by atoms with Crippen LogP contribution in [0.4, 0.5) is 0 Å². The van der Waals surface area contributed by atoms with E-state index in [-0.39, 0.29) is 0 Å². The first kappa shape index (κ1) is 35.0. The van der Waals surface area contributed by atoms with Crippen LogP contribution >= 0.6 is 0 Å². The van der Waals surface area contributed by atoms with Crippen LogP contribution in [-0.2, 0) is 5.41 Å². The predicted molar refractivity (Wildman–Crippen MR) is 254 cm³/mol. The summed E-state index contributed by atoms with van der Waals surface area (Å²) >= 11 is 0. The van der Waals surface area contributed by atoms with Gasteiger partial charge in [0.1, 0.15) is 0 Å². The topological polar surface area (TPSA) is 25.8 Å². The average Bonchev–Trinajstić information content (AvgIpc) is 3.65. The van der Waals surface area contributed by atoms with E-state index in [1.807, 2.05) is 30.5 Å². The Hall–Kier alpha value is -7.94. The molecule has 0 fully saturated rings. The highest BCUT2D eigenvalue weighted by atomic mass is 14.8. The molecule has 0 saturated carbocycles. The summed E-state index contributed by atoms with van der Waals surface area (Å²) < 4.78 is 0. The molecular formula is C59H38N2. The SMILES string of the molecule is c1ccc(C2(c3ccccc3)c3ccccc3-c3c(-c4ccc5c(ccc6cc(-c7ccc(-c8cc(-c9ccccn9)nc9ccccc89)cc7)ccc65)c4)cccc32)cc1. The molecular weight excluding hydrogens is 737 g/mol. The van der Waals surface area contributed by atoms with E-state index < -0.39 is 5.41 Å². The molecule has 1 aliphatic carbocycles. The molecule has 0 saturated heterocycles. The number of hydrogen-bond donors (Lipinski definition) is 0. The molecule has 0 spiro atoms. The molecule has 0 atom stereocenters. The number of para-hydroxylation sites is 1. The van der Waals surface area contributed by atoms with Crippen LogP contribution in [-0.4, -0.2) is 9.97 Å². The summed E-state index contributed by atoms with van der Waals surface area (Å²) in [5.41, 5.74) is 17.3. The predicted octanol–water partition coefficient (Wildman–Crippen LogP) is 15.0. The number of aromatic nitrogens is 2. The normalized spacial score (nSPS) is 12.7. The van der Waals surface area contributed by atoms with Gasteiger partial charge in [-0.2, -0.15) is 0 Å². The lowest BCUT2D eigenvalue weighted by molar-refractivity contribution is 0.768. The Kier molecular flexibility index (Phi) is 8.11. The van der Waals surface area contributed by atoms with E-state index in [0.29, 0.717) is 0 Å². The maximum absolute atomic E-state index is 4.95. The van der Waals surface area contributed by atoms with Crippen LogP contribution in [0.5, 0.6) is 0 Å².